The van der Waals surface area contributed by atoms with Gasteiger partial charge in [-0.1, -0.05) is 41.9 Å². The van der Waals surface area contributed by atoms with Gasteiger partial charge in [-0.15, -0.1) is 0 Å². The minimum absolute atomic E-state index is 0.125. The molecular formula is C20H23BrF3N3O2. The van der Waals surface area contributed by atoms with Crippen molar-refractivity contribution in [2.75, 3.05) is 17.3 Å². The van der Waals surface area contributed by atoms with E-state index < -0.39 is 30.2 Å². The second-order valence-corrected chi connectivity index (χ2v) is 8.83. The molecule has 9 heteroatoms. The van der Waals surface area contributed by atoms with Crippen LogP contribution in [-0.2, 0) is 12.0 Å². The summed E-state index contributed by atoms with van der Waals surface area (Å²) in [6.45, 7) is 2.89. The number of phenols is 1. The van der Waals surface area contributed by atoms with Gasteiger partial charge >= 0.3 is 6.18 Å². The highest BCUT2D eigenvalue weighted by atomic mass is 79.9. The molecule has 1 heterocycles. The van der Waals surface area contributed by atoms with E-state index in [-0.39, 0.29) is 5.75 Å². The lowest BCUT2D eigenvalue weighted by molar-refractivity contribution is -0.260. The number of aromatic hydroxyl groups is 1. The number of fused-ring (bicyclic) bond motifs is 1. The third-order valence-corrected chi connectivity index (χ3v) is 5.68. The number of hydrazine groups is 1. The molecule has 1 unspecified atom stereocenters. The summed E-state index contributed by atoms with van der Waals surface area (Å²) in [5.74, 6) is -0.125. The van der Waals surface area contributed by atoms with Crippen LogP contribution in [0, 0.1) is 0 Å². The first-order valence-electron chi connectivity index (χ1n) is 9.06. The fourth-order valence-electron chi connectivity index (χ4n) is 3.70. The van der Waals surface area contributed by atoms with E-state index >= 15 is 0 Å². The van der Waals surface area contributed by atoms with Crippen molar-refractivity contribution in [2.45, 2.75) is 44.0 Å². The summed E-state index contributed by atoms with van der Waals surface area (Å²) in [7, 11) is 0. The van der Waals surface area contributed by atoms with E-state index in [1.807, 2.05) is 6.07 Å². The van der Waals surface area contributed by atoms with Gasteiger partial charge in [0.1, 0.15) is 5.75 Å². The predicted molar refractivity (Wildman–Crippen MR) is 110 cm³/mol. The Kier molecular flexibility index (Phi) is 5.77. The zero-order valence-corrected chi connectivity index (χ0v) is 17.6. The van der Waals surface area contributed by atoms with Crippen molar-refractivity contribution >= 4 is 27.3 Å². The van der Waals surface area contributed by atoms with Gasteiger partial charge in [-0.3, -0.25) is 0 Å². The van der Waals surface area contributed by atoms with Crippen LogP contribution in [0.3, 0.4) is 0 Å². The van der Waals surface area contributed by atoms with Crippen molar-refractivity contribution in [3.63, 3.8) is 0 Å². The quantitative estimate of drug-likeness (QED) is 0.421. The molecule has 0 saturated heterocycles. The summed E-state index contributed by atoms with van der Waals surface area (Å²) in [6, 6.07) is 9.85. The number of rotatable bonds is 6. The molecule has 0 aliphatic carbocycles. The number of nitrogens with one attached hydrogen (secondary N) is 3. The maximum atomic E-state index is 13.9. The third kappa shape index (κ3) is 4.46. The van der Waals surface area contributed by atoms with E-state index in [0.717, 1.165) is 11.3 Å². The molecule has 0 amide bonds. The molecule has 0 aromatic heterocycles. The largest absolute Gasteiger partial charge is 0.508 e. The lowest BCUT2D eigenvalue weighted by Crippen LogP contribution is -2.53. The molecule has 0 saturated carbocycles. The fraction of sp³-hybridized carbons (Fsp3) is 0.400. The standard InChI is InChI=1S/C20H23BrF3N3O2/c1-18(2,14-7-6-12(21)8-17(14)28)10-19(29,20(22,23)24)11-25-15-4-3-5-16-13(15)9-26-27-16/h3-8,25-29H,9-11H2,1-2H3. The Morgan fingerprint density at radius 2 is 1.90 bits per heavy atom. The molecule has 5 nitrogen and oxygen atoms in total. The summed E-state index contributed by atoms with van der Waals surface area (Å²) in [5.41, 5.74) is 4.15. The van der Waals surface area contributed by atoms with Gasteiger partial charge in [0.2, 0.25) is 0 Å². The molecule has 5 N–H and O–H groups in total. The van der Waals surface area contributed by atoms with Crippen LogP contribution in [0.1, 0.15) is 31.4 Å². The van der Waals surface area contributed by atoms with E-state index in [0.29, 0.717) is 22.3 Å². The van der Waals surface area contributed by atoms with E-state index in [1.165, 1.54) is 6.07 Å². The lowest BCUT2D eigenvalue weighted by Gasteiger charge is -2.38. The van der Waals surface area contributed by atoms with Gasteiger partial charge in [0.15, 0.2) is 5.60 Å². The van der Waals surface area contributed by atoms with E-state index in [2.05, 4.69) is 32.1 Å². The Labute approximate surface area is 175 Å². The molecule has 1 aliphatic rings. The van der Waals surface area contributed by atoms with Crippen LogP contribution in [-0.4, -0.2) is 28.5 Å². The number of anilines is 2. The van der Waals surface area contributed by atoms with Crippen molar-refractivity contribution < 1.29 is 23.4 Å². The molecule has 3 rings (SSSR count). The van der Waals surface area contributed by atoms with Crippen LogP contribution in [0.2, 0.25) is 0 Å². The average Bonchev–Trinajstić information content (AvgIpc) is 3.07. The van der Waals surface area contributed by atoms with Crippen molar-refractivity contribution in [3.05, 3.63) is 52.0 Å². The highest BCUT2D eigenvalue weighted by molar-refractivity contribution is 9.10. The van der Waals surface area contributed by atoms with E-state index in [9.17, 15) is 23.4 Å². The van der Waals surface area contributed by atoms with Gasteiger partial charge in [0.25, 0.3) is 0 Å². The molecule has 2 aromatic carbocycles. The number of aliphatic hydroxyl groups is 1. The van der Waals surface area contributed by atoms with E-state index in [1.54, 1.807) is 38.1 Å². The molecule has 2 aromatic rings. The molecule has 0 spiro atoms. The molecule has 0 fully saturated rings. The first-order valence-corrected chi connectivity index (χ1v) is 9.85. The first-order chi connectivity index (χ1) is 13.4. The lowest BCUT2D eigenvalue weighted by atomic mass is 9.74. The highest BCUT2D eigenvalue weighted by Crippen LogP contribution is 2.44. The summed E-state index contributed by atoms with van der Waals surface area (Å²) in [6.07, 6.45) is -5.49. The Hall–Kier alpha value is -1.97. The summed E-state index contributed by atoms with van der Waals surface area (Å²) in [4.78, 5) is 0. The Bertz CT molecular complexity index is 905. The van der Waals surface area contributed by atoms with Crippen molar-refractivity contribution in [3.8, 4) is 5.75 Å². The normalized spacial score (nSPS) is 16.1. The number of hydrogen-bond acceptors (Lipinski definition) is 5. The maximum Gasteiger partial charge on any atom is 0.418 e. The average molecular weight is 474 g/mol. The molecule has 158 valence electrons. The minimum Gasteiger partial charge on any atom is -0.508 e. The highest BCUT2D eigenvalue weighted by Gasteiger charge is 2.56. The fourth-order valence-corrected chi connectivity index (χ4v) is 4.04. The smallest absolute Gasteiger partial charge is 0.418 e. The van der Waals surface area contributed by atoms with Crippen LogP contribution < -0.4 is 16.2 Å². The monoisotopic (exact) mass is 473 g/mol. The number of benzene rings is 2. The number of hydrogen-bond donors (Lipinski definition) is 5. The zero-order valence-electron chi connectivity index (χ0n) is 16.0. The number of phenolic OH excluding ortho intramolecular Hbond substituents is 1. The van der Waals surface area contributed by atoms with Crippen LogP contribution in [0.5, 0.6) is 5.75 Å². The summed E-state index contributed by atoms with van der Waals surface area (Å²) < 4.78 is 42.3. The van der Waals surface area contributed by atoms with Gasteiger partial charge in [0.05, 0.1) is 12.2 Å². The van der Waals surface area contributed by atoms with E-state index in [4.69, 9.17) is 0 Å². The number of alkyl halides is 3. The SMILES string of the molecule is CC(C)(CC(O)(CNc1cccc2c1CNN2)C(F)(F)F)c1ccc(Br)cc1O. The Balaban J connectivity index is 1.86. The Morgan fingerprint density at radius 1 is 1.17 bits per heavy atom. The third-order valence-electron chi connectivity index (χ3n) is 5.19. The van der Waals surface area contributed by atoms with Gasteiger partial charge in [-0.25, -0.2) is 5.43 Å². The zero-order chi connectivity index (χ0) is 21.4. The second kappa shape index (κ2) is 7.70. The first kappa shape index (κ1) is 21.7. The van der Waals surface area contributed by atoms with Crippen molar-refractivity contribution in [1.82, 2.24) is 5.43 Å². The molecule has 1 aliphatic heterocycles. The van der Waals surface area contributed by atoms with Crippen molar-refractivity contribution in [1.29, 1.82) is 0 Å². The van der Waals surface area contributed by atoms with Crippen LogP contribution >= 0.6 is 15.9 Å². The topological polar surface area (TPSA) is 76.5 Å². The molecule has 0 bridgehead atoms. The van der Waals surface area contributed by atoms with Crippen LogP contribution in [0.4, 0.5) is 24.5 Å². The molecule has 29 heavy (non-hydrogen) atoms. The van der Waals surface area contributed by atoms with Gasteiger partial charge in [0, 0.05) is 22.3 Å². The summed E-state index contributed by atoms with van der Waals surface area (Å²) in [5, 5.41) is 23.7. The predicted octanol–water partition coefficient (Wildman–Crippen LogP) is 4.66. The van der Waals surface area contributed by atoms with Crippen LogP contribution in [0.15, 0.2) is 40.9 Å². The minimum atomic E-state index is -4.86. The maximum absolute atomic E-state index is 13.9. The second-order valence-electron chi connectivity index (χ2n) is 7.92. The number of halogens is 4. The molecule has 0 radical (unpaired) electrons. The van der Waals surface area contributed by atoms with Gasteiger partial charge in [-0.05, 0) is 41.7 Å². The summed E-state index contributed by atoms with van der Waals surface area (Å²) >= 11 is 3.22. The van der Waals surface area contributed by atoms with Gasteiger partial charge < -0.3 is 21.0 Å². The Morgan fingerprint density at radius 3 is 2.55 bits per heavy atom. The van der Waals surface area contributed by atoms with Crippen LogP contribution in [0.25, 0.3) is 0 Å². The van der Waals surface area contributed by atoms with Gasteiger partial charge in [-0.2, -0.15) is 13.2 Å². The molecular weight excluding hydrogens is 451 g/mol. The van der Waals surface area contributed by atoms with Crippen molar-refractivity contribution in [2.24, 2.45) is 0 Å². The molecule has 1 atom stereocenters.